The van der Waals surface area contributed by atoms with Crippen LogP contribution in [0.1, 0.15) is 50.1 Å². The molecule has 4 heteroatoms. The molecule has 0 bridgehead atoms. The summed E-state index contributed by atoms with van der Waals surface area (Å²) in [5.41, 5.74) is 7.56. The lowest BCUT2D eigenvalue weighted by molar-refractivity contribution is 0.0798. The van der Waals surface area contributed by atoms with Crippen LogP contribution in [0.15, 0.2) is 18.3 Å². The number of hydrogen-bond acceptors (Lipinski definition) is 4. The van der Waals surface area contributed by atoms with Crippen molar-refractivity contribution in [1.82, 2.24) is 15.2 Å². The van der Waals surface area contributed by atoms with Gasteiger partial charge >= 0.3 is 0 Å². The van der Waals surface area contributed by atoms with Crippen molar-refractivity contribution in [2.45, 2.75) is 50.1 Å². The van der Waals surface area contributed by atoms with E-state index in [0.717, 1.165) is 0 Å². The molecule has 2 fully saturated rings. The summed E-state index contributed by atoms with van der Waals surface area (Å²) in [4.78, 5) is 7.01. The molecule has 0 spiro atoms. The number of likely N-dealkylation sites (N-methyl/N-ethyl adjacent to an activating group) is 1. The Labute approximate surface area is 121 Å². The molecule has 3 rings (SSSR count). The molecule has 2 aliphatic rings. The number of likely N-dealkylation sites (tertiary alicyclic amines) is 1. The van der Waals surface area contributed by atoms with Crippen molar-refractivity contribution >= 4 is 5.82 Å². The molecule has 4 nitrogen and oxygen atoms in total. The van der Waals surface area contributed by atoms with Crippen LogP contribution in [0.5, 0.6) is 0 Å². The molecule has 3 N–H and O–H groups in total. The van der Waals surface area contributed by atoms with Gasteiger partial charge in [0.05, 0.1) is 6.04 Å². The molecule has 0 amide bonds. The molecule has 2 heterocycles. The minimum Gasteiger partial charge on any atom is -0.383 e. The molecular weight excluding hydrogens is 248 g/mol. The predicted molar refractivity (Wildman–Crippen MR) is 82.5 cm³/mol. The van der Waals surface area contributed by atoms with Crippen molar-refractivity contribution in [3.8, 4) is 0 Å². The molecule has 0 aromatic carbocycles. The summed E-state index contributed by atoms with van der Waals surface area (Å²) in [6, 6.07) is 4.43. The van der Waals surface area contributed by atoms with Gasteiger partial charge in [-0.2, -0.15) is 0 Å². The third-order valence-corrected chi connectivity index (χ3v) is 5.21. The van der Waals surface area contributed by atoms with E-state index in [-0.39, 0.29) is 11.6 Å². The maximum Gasteiger partial charge on any atom is 0.128 e. The zero-order valence-corrected chi connectivity index (χ0v) is 12.4. The average Bonchev–Trinajstić information content (AvgIpc) is 3.12. The van der Waals surface area contributed by atoms with Gasteiger partial charge in [-0.05, 0) is 51.9 Å². The SMILES string of the molecule is CNC(c1cccnc1N)C1(N2CCCC2)CCCC1. The Bertz CT molecular complexity index is 448. The highest BCUT2D eigenvalue weighted by Gasteiger charge is 2.47. The Morgan fingerprint density at radius 1 is 1.25 bits per heavy atom. The van der Waals surface area contributed by atoms with E-state index >= 15 is 0 Å². The lowest BCUT2D eigenvalue weighted by Gasteiger charge is -2.45. The standard InChI is InChI=1S/C16H26N4/c1-18-14(13-7-6-10-19-15(13)17)16(8-2-3-9-16)20-11-4-5-12-20/h6-7,10,14,18H,2-5,8-9,11-12H2,1H3,(H2,17,19). The van der Waals surface area contributed by atoms with Crippen LogP contribution in [0, 0.1) is 0 Å². The fraction of sp³-hybridized carbons (Fsp3) is 0.688. The second-order valence-corrected chi connectivity index (χ2v) is 6.20. The number of hydrogen-bond donors (Lipinski definition) is 2. The van der Waals surface area contributed by atoms with Gasteiger partial charge in [-0.25, -0.2) is 4.98 Å². The molecule has 1 unspecified atom stereocenters. The van der Waals surface area contributed by atoms with Crippen molar-refractivity contribution in [1.29, 1.82) is 0 Å². The normalized spacial score (nSPS) is 24.1. The van der Waals surface area contributed by atoms with Gasteiger partial charge in [0.25, 0.3) is 0 Å². The maximum absolute atomic E-state index is 6.15. The van der Waals surface area contributed by atoms with E-state index < -0.39 is 0 Å². The molecule has 1 aromatic heterocycles. The average molecular weight is 274 g/mol. The van der Waals surface area contributed by atoms with Crippen LogP contribution in [-0.4, -0.2) is 35.6 Å². The second kappa shape index (κ2) is 5.70. The number of nitrogen functional groups attached to an aromatic ring is 1. The maximum atomic E-state index is 6.15. The van der Waals surface area contributed by atoms with E-state index in [4.69, 9.17) is 5.73 Å². The van der Waals surface area contributed by atoms with Crippen LogP contribution < -0.4 is 11.1 Å². The van der Waals surface area contributed by atoms with Crippen molar-refractivity contribution in [2.24, 2.45) is 0 Å². The number of rotatable bonds is 4. The highest BCUT2D eigenvalue weighted by atomic mass is 15.2. The van der Waals surface area contributed by atoms with Crippen LogP contribution >= 0.6 is 0 Å². The smallest absolute Gasteiger partial charge is 0.128 e. The number of nitrogens with zero attached hydrogens (tertiary/aromatic N) is 2. The van der Waals surface area contributed by atoms with Crippen LogP contribution in [0.3, 0.4) is 0 Å². The van der Waals surface area contributed by atoms with Crippen molar-refractivity contribution in [3.63, 3.8) is 0 Å². The summed E-state index contributed by atoms with van der Waals surface area (Å²) < 4.78 is 0. The van der Waals surface area contributed by atoms with E-state index in [1.807, 2.05) is 6.07 Å². The summed E-state index contributed by atoms with van der Waals surface area (Å²) in [5.74, 6) is 0.678. The van der Waals surface area contributed by atoms with Gasteiger partial charge in [0, 0.05) is 17.3 Å². The lowest BCUT2D eigenvalue weighted by atomic mass is 9.82. The minimum absolute atomic E-state index is 0.238. The van der Waals surface area contributed by atoms with Gasteiger partial charge in [0.15, 0.2) is 0 Å². The second-order valence-electron chi connectivity index (χ2n) is 6.20. The molecule has 1 atom stereocenters. The number of anilines is 1. The van der Waals surface area contributed by atoms with E-state index in [2.05, 4.69) is 28.3 Å². The monoisotopic (exact) mass is 274 g/mol. The number of pyridine rings is 1. The first-order chi connectivity index (χ1) is 9.78. The summed E-state index contributed by atoms with van der Waals surface area (Å²) in [6.07, 6.45) is 9.65. The third kappa shape index (κ3) is 2.21. The molecular formula is C16H26N4. The number of aromatic nitrogens is 1. The fourth-order valence-corrected chi connectivity index (χ4v) is 4.32. The zero-order chi connectivity index (χ0) is 14.0. The summed E-state index contributed by atoms with van der Waals surface area (Å²) in [5, 5.41) is 3.56. The minimum atomic E-state index is 0.238. The molecule has 0 radical (unpaired) electrons. The van der Waals surface area contributed by atoms with Crippen LogP contribution in [0.25, 0.3) is 0 Å². The molecule has 1 saturated heterocycles. The highest BCUT2D eigenvalue weighted by Crippen LogP contribution is 2.46. The van der Waals surface area contributed by atoms with Crippen LogP contribution in [-0.2, 0) is 0 Å². The van der Waals surface area contributed by atoms with Gasteiger partial charge < -0.3 is 11.1 Å². The Morgan fingerprint density at radius 2 is 1.95 bits per heavy atom. The number of nitrogens with one attached hydrogen (secondary N) is 1. The van der Waals surface area contributed by atoms with Gasteiger partial charge in [-0.3, -0.25) is 4.90 Å². The van der Waals surface area contributed by atoms with E-state index in [0.29, 0.717) is 5.82 Å². The Morgan fingerprint density at radius 3 is 2.55 bits per heavy atom. The first kappa shape index (κ1) is 13.8. The Balaban J connectivity index is 1.98. The van der Waals surface area contributed by atoms with Crippen LogP contribution in [0.2, 0.25) is 0 Å². The third-order valence-electron chi connectivity index (χ3n) is 5.21. The van der Waals surface area contributed by atoms with Crippen molar-refractivity contribution in [2.75, 3.05) is 25.9 Å². The van der Waals surface area contributed by atoms with Gasteiger partial charge in [0.1, 0.15) is 5.82 Å². The van der Waals surface area contributed by atoms with Crippen molar-refractivity contribution < 1.29 is 0 Å². The van der Waals surface area contributed by atoms with Gasteiger partial charge in [0.2, 0.25) is 0 Å². The first-order valence-corrected chi connectivity index (χ1v) is 7.91. The Kier molecular flexibility index (Phi) is 3.94. The Hall–Kier alpha value is -1.13. The highest BCUT2D eigenvalue weighted by molar-refractivity contribution is 5.43. The zero-order valence-electron chi connectivity index (χ0n) is 12.4. The number of nitrogens with two attached hydrogens (primary N) is 1. The van der Waals surface area contributed by atoms with E-state index in [1.54, 1.807) is 6.20 Å². The molecule has 1 aliphatic heterocycles. The summed E-state index contributed by atoms with van der Waals surface area (Å²) >= 11 is 0. The quantitative estimate of drug-likeness (QED) is 0.885. The first-order valence-electron chi connectivity index (χ1n) is 7.91. The molecule has 1 aliphatic carbocycles. The van der Waals surface area contributed by atoms with Crippen LogP contribution in [0.4, 0.5) is 5.82 Å². The fourth-order valence-electron chi connectivity index (χ4n) is 4.32. The van der Waals surface area contributed by atoms with Crippen molar-refractivity contribution in [3.05, 3.63) is 23.9 Å². The molecule has 110 valence electrons. The topological polar surface area (TPSA) is 54.2 Å². The predicted octanol–water partition coefficient (Wildman–Crippen LogP) is 2.33. The molecule has 20 heavy (non-hydrogen) atoms. The lowest BCUT2D eigenvalue weighted by Crippen LogP contribution is -2.53. The van der Waals surface area contributed by atoms with Gasteiger partial charge in [-0.1, -0.05) is 18.9 Å². The van der Waals surface area contributed by atoms with Gasteiger partial charge in [-0.15, -0.1) is 0 Å². The largest absolute Gasteiger partial charge is 0.383 e. The summed E-state index contributed by atoms with van der Waals surface area (Å²) in [7, 11) is 2.06. The molecule has 1 saturated carbocycles. The summed E-state index contributed by atoms with van der Waals surface area (Å²) in [6.45, 7) is 2.47. The van der Waals surface area contributed by atoms with E-state index in [9.17, 15) is 0 Å². The van der Waals surface area contributed by atoms with E-state index in [1.165, 1.54) is 57.2 Å². The molecule has 1 aromatic rings.